The number of allylic oxidation sites excluding steroid dienone is 1. The lowest BCUT2D eigenvalue weighted by Crippen LogP contribution is -2.18. The summed E-state index contributed by atoms with van der Waals surface area (Å²) in [6, 6.07) is 6.00. The van der Waals surface area contributed by atoms with E-state index < -0.39 is 0 Å². The zero-order valence-corrected chi connectivity index (χ0v) is 10.1. The Morgan fingerprint density at radius 1 is 1.38 bits per heavy atom. The van der Waals surface area contributed by atoms with Gasteiger partial charge >= 0.3 is 0 Å². The highest BCUT2D eigenvalue weighted by Crippen LogP contribution is 2.35. The molecule has 2 heteroatoms. The van der Waals surface area contributed by atoms with Crippen molar-refractivity contribution in [1.29, 1.82) is 0 Å². The zero-order valence-electron chi connectivity index (χ0n) is 10.1. The van der Waals surface area contributed by atoms with Crippen LogP contribution in [-0.4, -0.2) is 13.2 Å². The molecule has 0 bridgehead atoms. The number of rotatable bonds is 3. The predicted octanol–water partition coefficient (Wildman–Crippen LogP) is 3.66. The van der Waals surface area contributed by atoms with Gasteiger partial charge in [0.05, 0.1) is 7.11 Å². The minimum Gasteiger partial charge on any atom is -0.497 e. The molecule has 1 aromatic carbocycles. The van der Waals surface area contributed by atoms with E-state index in [0.717, 1.165) is 24.3 Å². The summed E-state index contributed by atoms with van der Waals surface area (Å²) < 4.78 is 11.1. The average Bonchev–Trinajstić information content (AvgIpc) is 2.28. The van der Waals surface area contributed by atoms with Crippen LogP contribution < -0.4 is 9.47 Å². The first-order chi connectivity index (χ1) is 7.74. The lowest BCUT2D eigenvalue weighted by atomic mass is 10.00. The number of hydrogen-bond acceptors (Lipinski definition) is 2. The molecule has 1 unspecified atom stereocenters. The number of fused-ring (bicyclic) bond motifs is 1. The fourth-order valence-corrected chi connectivity index (χ4v) is 2.05. The maximum atomic E-state index is 5.93. The van der Waals surface area contributed by atoms with E-state index in [2.05, 4.69) is 26.0 Å². The Morgan fingerprint density at radius 3 is 2.88 bits per heavy atom. The molecule has 86 valence electrons. The van der Waals surface area contributed by atoms with Gasteiger partial charge < -0.3 is 9.47 Å². The molecule has 0 aliphatic carbocycles. The first-order valence-electron chi connectivity index (χ1n) is 5.78. The highest BCUT2D eigenvalue weighted by Gasteiger charge is 2.18. The van der Waals surface area contributed by atoms with Crippen molar-refractivity contribution in [2.75, 3.05) is 7.11 Å². The van der Waals surface area contributed by atoms with Crippen molar-refractivity contribution < 1.29 is 9.47 Å². The van der Waals surface area contributed by atoms with Gasteiger partial charge in [-0.1, -0.05) is 13.3 Å². The number of benzene rings is 1. The molecule has 0 saturated carbocycles. The molecule has 0 saturated heterocycles. The van der Waals surface area contributed by atoms with Crippen LogP contribution in [0.2, 0.25) is 0 Å². The number of hydrogen-bond donors (Lipinski definition) is 0. The van der Waals surface area contributed by atoms with Gasteiger partial charge in [-0.15, -0.1) is 0 Å². The maximum Gasteiger partial charge on any atom is 0.131 e. The van der Waals surface area contributed by atoms with Gasteiger partial charge in [-0.25, -0.2) is 0 Å². The van der Waals surface area contributed by atoms with Gasteiger partial charge in [-0.3, -0.25) is 0 Å². The fourth-order valence-electron chi connectivity index (χ4n) is 2.05. The molecule has 2 rings (SSSR count). The van der Waals surface area contributed by atoms with Gasteiger partial charge in [0.15, 0.2) is 0 Å². The molecule has 0 spiro atoms. The quantitative estimate of drug-likeness (QED) is 0.770. The number of methoxy groups -OCH3 is 1. The summed E-state index contributed by atoms with van der Waals surface area (Å²) in [6.07, 6.45) is 4.62. The highest BCUT2D eigenvalue weighted by molar-refractivity contribution is 5.72. The van der Waals surface area contributed by atoms with Gasteiger partial charge in [0.2, 0.25) is 0 Å². The Morgan fingerprint density at radius 2 is 2.19 bits per heavy atom. The molecule has 2 nitrogen and oxygen atoms in total. The summed E-state index contributed by atoms with van der Waals surface area (Å²) in [5.74, 6) is 1.79. The molecule has 1 aromatic rings. The first-order valence-corrected chi connectivity index (χ1v) is 5.78. The van der Waals surface area contributed by atoms with Crippen LogP contribution in [0.25, 0.3) is 5.57 Å². The van der Waals surface area contributed by atoms with E-state index >= 15 is 0 Å². The molecule has 0 amide bonds. The number of ether oxygens (including phenoxy) is 2. The molecule has 1 aliphatic rings. The Labute approximate surface area is 96.9 Å². The standard InChI is InChI=1S/C14H18O2/c1-4-5-12-8-10(2)13-7-6-11(15-3)9-14(13)16-12/h6-9,12H,4-5H2,1-3H3. The molecule has 1 atom stereocenters. The fraction of sp³-hybridized carbons (Fsp3) is 0.429. The van der Waals surface area contributed by atoms with Crippen molar-refractivity contribution >= 4 is 5.57 Å². The van der Waals surface area contributed by atoms with E-state index in [9.17, 15) is 0 Å². The molecule has 0 aromatic heterocycles. The molecule has 0 radical (unpaired) electrons. The van der Waals surface area contributed by atoms with Crippen LogP contribution in [0.1, 0.15) is 32.3 Å². The normalized spacial score (nSPS) is 18.4. The van der Waals surface area contributed by atoms with Crippen molar-refractivity contribution in [3.63, 3.8) is 0 Å². The third kappa shape index (κ3) is 2.06. The molecule has 16 heavy (non-hydrogen) atoms. The summed E-state index contributed by atoms with van der Waals surface area (Å²) in [6.45, 7) is 4.31. The summed E-state index contributed by atoms with van der Waals surface area (Å²) in [4.78, 5) is 0. The minimum absolute atomic E-state index is 0.213. The predicted molar refractivity (Wildman–Crippen MR) is 66.0 cm³/mol. The minimum atomic E-state index is 0.213. The second kappa shape index (κ2) is 4.60. The van der Waals surface area contributed by atoms with Crippen LogP contribution in [0.15, 0.2) is 24.3 Å². The van der Waals surface area contributed by atoms with Crippen molar-refractivity contribution in [2.45, 2.75) is 32.8 Å². The van der Waals surface area contributed by atoms with E-state index in [4.69, 9.17) is 9.47 Å². The van der Waals surface area contributed by atoms with E-state index in [-0.39, 0.29) is 6.10 Å². The second-order valence-corrected chi connectivity index (χ2v) is 4.16. The monoisotopic (exact) mass is 218 g/mol. The lowest BCUT2D eigenvalue weighted by molar-refractivity contribution is 0.232. The van der Waals surface area contributed by atoms with Crippen LogP contribution in [0, 0.1) is 0 Å². The Kier molecular flexibility index (Phi) is 3.18. The average molecular weight is 218 g/mol. The van der Waals surface area contributed by atoms with Gasteiger partial charge in [-0.05, 0) is 37.1 Å². The van der Waals surface area contributed by atoms with Crippen LogP contribution in [-0.2, 0) is 0 Å². The van der Waals surface area contributed by atoms with Crippen LogP contribution >= 0.6 is 0 Å². The summed E-state index contributed by atoms with van der Waals surface area (Å²) in [7, 11) is 1.68. The topological polar surface area (TPSA) is 18.5 Å². The Bertz CT molecular complexity index is 407. The van der Waals surface area contributed by atoms with Crippen LogP contribution in [0.4, 0.5) is 0 Å². The van der Waals surface area contributed by atoms with E-state index in [1.165, 1.54) is 11.1 Å². The second-order valence-electron chi connectivity index (χ2n) is 4.16. The van der Waals surface area contributed by atoms with Crippen molar-refractivity contribution in [1.82, 2.24) is 0 Å². The molecular weight excluding hydrogens is 200 g/mol. The third-order valence-electron chi connectivity index (χ3n) is 2.90. The van der Waals surface area contributed by atoms with Gasteiger partial charge in [0, 0.05) is 11.6 Å². The van der Waals surface area contributed by atoms with E-state index in [1.54, 1.807) is 7.11 Å². The largest absolute Gasteiger partial charge is 0.497 e. The Balaban J connectivity index is 2.32. The molecular formula is C14H18O2. The summed E-state index contributed by atoms with van der Waals surface area (Å²) in [5, 5.41) is 0. The zero-order chi connectivity index (χ0) is 11.5. The molecule has 0 N–H and O–H groups in total. The van der Waals surface area contributed by atoms with E-state index in [1.807, 2.05) is 12.1 Å². The van der Waals surface area contributed by atoms with Gasteiger partial charge in [0.1, 0.15) is 17.6 Å². The SMILES string of the molecule is CCCC1C=C(C)c2ccc(OC)cc2O1. The third-order valence-corrected chi connectivity index (χ3v) is 2.90. The van der Waals surface area contributed by atoms with Crippen LogP contribution in [0.3, 0.4) is 0 Å². The van der Waals surface area contributed by atoms with Crippen molar-refractivity contribution in [3.8, 4) is 11.5 Å². The molecule has 0 fully saturated rings. The smallest absolute Gasteiger partial charge is 0.131 e. The van der Waals surface area contributed by atoms with Crippen molar-refractivity contribution in [3.05, 3.63) is 29.8 Å². The lowest BCUT2D eigenvalue weighted by Gasteiger charge is -2.24. The molecule has 1 heterocycles. The maximum absolute atomic E-state index is 5.93. The van der Waals surface area contributed by atoms with Gasteiger partial charge in [-0.2, -0.15) is 0 Å². The van der Waals surface area contributed by atoms with E-state index in [0.29, 0.717) is 0 Å². The molecule has 1 aliphatic heterocycles. The Hall–Kier alpha value is -1.44. The summed E-state index contributed by atoms with van der Waals surface area (Å²) in [5.41, 5.74) is 2.47. The summed E-state index contributed by atoms with van der Waals surface area (Å²) >= 11 is 0. The van der Waals surface area contributed by atoms with Crippen molar-refractivity contribution in [2.24, 2.45) is 0 Å². The highest BCUT2D eigenvalue weighted by atomic mass is 16.5. The first kappa shape index (κ1) is 11.1. The van der Waals surface area contributed by atoms with Gasteiger partial charge in [0.25, 0.3) is 0 Å². The van der Waals surface area contributed by atoms with Crippen LogP contribution in [0.5, 0.6) is 11.5 Å².